The van der Waals surface area contributed by atoms with Gasteiger partial charge in [-0.2, -0.15) is 8.42 Å². The molecule has 0 fully saturated rings. The Morgan fingerprint density at radius 1 is 1.00 bits per heavy atom. The van der Waals surface area contributed by atoms with Gasteiger partial charge in [-0.25, -0.2) is 0 Å². The molecule has 84 valence electrons. The van der Waals surface area contributed by atoms with Gasteiger partial charge in [-0.3, -0.25) is 9.54 Å². The van der Waals surface area contributed by atoms with Crippen molar-refractivity contribution < 1.29 is 13.0 Å². The Morgan fingerprint density at radius 3 is 2.12 bits per heavy atom. The predicted molar refractivity (Wildman–Crippen MR) is 66.6 cm³/mol. The van der Waals surface area contributed by atoms with E-state index in [0.717, 1.165) is 11.1 Å². The molecule has 0 aliphatic carbocycles. The van der Waals surface area contributed by atoms with Crippen molar-refractivity contribution in [2.75, 3.05) is 0 Å². The van der Waals surface area contributed by atoms with Crippen molar-refractivity contribution in [2.24, 2.45) is 0 Å². The number of nitrogens with zero attached hydrogens (tertiary/aromatic N) is 1. The van der Waals surface area contributed by atoms with Crippen LogP contribution in [0.5, 0.6) is 0 Å². The van der Waals surface area contributed by atoms with Crippen molar-refractivity contribution in [2.45, 2.75) is 4.90 Å². The molecule has 2 aromatic rings. The molecule has 1 aromatic heterocycles. The number of pyridine rings is 1. The van der Waals surface area contributed by atoms with Crippen LogP contribution >= 0.6 is 0 Å². The number of hydrogen-bond donors (Lipinski definition) is 1. The zero-order valence-corrected chi connectivity index (χ0v) is 9.05. The van der Waals surface area contributed by atoms with E-state index in [9.17, 15) is 8.42 Å². The average molecular weight is 259 g/mol. The second-order valence-corrected chi connectivity index (χ2v) is 4.66. The van der Waals surface area contributed by atoms with E-state index in [0.29, 0.717) is 0 Å². The molecule has 1 aromatic carbocycles. The minimum absolute atomic E-state index is 0. The molecule has 0 aliphatic heterocycles. The first-order valence-electron chi connectivity index (χ1n) is 4.55. The SMILES string of the molecule is O=S(=O)(O)c1ccc(-c2cccnc2)cc1.[NaH]. The summed E-state index contributed by atoms with van der Waals surface area (Å²) in [5.41, 5.74) is 1.74. The summed E-state index contributed by atoms with van der Waals surface area (Å²) in [5.74, 6) is 0. The van der Waals surface area contributed by atoms with E-state index < -0.39 is 10.1 Å². The van der Waals surface area contributed by atoms with Crippen molar-refractivity contribution in [3.63, 3.8) is 0 Å². The zero-order valence-electron chi connectivity index (χ0n) is 8.24. The Hall–Kier alpha value is -0.720. The topological polar surface area (TPSA) is 67.3 Å². The Balaban J connectivity index is 0.00000144. The maximum absolute atomic E-state index is 10.8. The number of benzene rings is 1. The standard InChI is InChI=1S/C11H9NO3S.Na.H/c13-16(14,15)11-5-3-9(4-6-11)10-2-1-7-12-8-10;;/h1-8H,(H,13,14,15);;. The number of aromatic nitrogens is 1. The fourth-order valence-corrected chi connectivity index (χ4v) is 1.83. The van der Waals surface area contributed by atoms with Crippen LogP contribution < -0.4 is 0 Å². The summed E-state index contributed by atoms with van der Waals surface area (Å²) in [7, 11) is -4.12. The molecule has 0 radical (unpaired) electrons. The Kier molecular flexibility index (Phi) is 4.85. The normalized spacial score (nSPS) is 10.6. The van der Waals surface area contributed by atoms with Crippen molar-refractivity contribution in [3.8, 4) is 11.1 Å². The van der Waals surface area contributed by atoms with E-state index in [1.807, 2.05) is 6.07 Å². The quantitative estimate of drug-likeness (QED) is 0.653. The van der Waals surface area contributed by atoms with Gasteiger partial charge in [0, 0.05) is 12.4 Å². The third-order valence-electron chi connectivity index (χ3n) is 2.15. The van der Waals surface area contributed by atoms with Crippen molar-refractivity contribution in [1.29, 1.82) is 0 Å². The van der Waals surface area contributed by atoms with E-state index in [2.05, 4.69) is 4.98 Å². The van der Waals surface area contributed by atoms with E-state index in [-0.39, 0.29) is 34.5 Å². The molecule has 0 atom stereocenters. The summed E-state index contributed by atoms with van der Waals surface area (Å²) < 4.78 is 30.5. The Bertz CT molecular complexity index is 582. The van der Waals surface area contributed by atoms with Gasteiger partial charge in [-0.15, -0.1) is 0 Å². The fraction of sp³-hybridized carbons (Fsp3) is 0. The predicted octanol–water partition coefficient (Wildman–Crippen LogP) is 1.35. The molecule has 17 heavy (non-hydrogen) atoms. The van der Waals surface area contributed by atoms with Crippen molar-refractivity contribution >= 4 is 39.7 Å². The molecule has 6 heteroatoms. The summed E-state index contributed by atoms with van der Waals surface area (Å²) in [4.78, 5) is 3.85. The number of rotatable bonds is 2. The number of hydrogen-bond acceptors (Lipinski definition) is 3. The molecule has 0 saturated carbocycles. The van der Waals surface area contributed by atoms with Crippen LogP contribution in [0.25, 0.3) is 11.1 Å². The first-order chi connectivity index (χ1) is 7.57. The second-order valence-electron chi connectivity index (χ2n) is 3.24. The monoisotopic (exact) mass is 259 g/mol. The third kappa shape index (κ3) is 3.62. The van der Waals surface area contributed by atoms with Gasteiger partial charge in [0.05, 0.1) is 4.90 Å². The van der Waals surface area contributed by atoms with Gasteiger partial charge in [-0.05, 0) is 29.3 Å². The van der Waals surface area contributed by atoms with Crippen LogP contribution in [0.4, 0.5) is 0 Å². The van der Waals surface area contributed by atoms with Gasteiger partial charge in [0.15, 0.2) is 0 Å². The molecule has 4 nitrogen and oxygen atoms in total. The van der Waals surface area contributed by atoms with Gasteiger partial charge >= 0.3 is 29.6 Å². The van der Waals surface area contributed by atoms with E-state index in [1.165, 1.54) is 12.1 Å². The van der Waals surface area contributed by atoms with Crippen LogP contribution in [0.3, 0.4) is 0 Å². The summed E-state index contributed by atoms with van der Waals surface area (Å²) >= 11 is 0. The van der Waals surface area contributed by atoms with E-state index >= 15 is 0 Å². The van der Waals surface area contributed by atoms with Gasteiger partial charge in [-0.1, -0.05) is 18.2 Å². The van der Waals surface area contributed by atoms with E-state index in [1.54, 1.807) is 30.6 Å². The Labute approximate surface area is 122 Å². The van der Waals surface area contributed by atoms with Crippen LogP contribution in [0, 0.1) is 0 Å². The zero-order chi connectivity index (χ0) is 11.6. The van der Waals surface area contributed by atoms with Crippen LogP contribution in [0.15, 0.2) is 53.7 Å². The average Bonchev–Trinajstić information content (AvgIpc) is 2.29. The molecule has 0 saturated heterocycles. The Morgan fingerprint density at radius 2 is 1.65 bits per heavy atom. The van der Waals surface area contributed by atoms with Crippen LogP contribution in [-0.4, -0.2) is 47.5 Å². The fourth-order valence-electron chi connectivity index (χ4n) is 1.35. The van der Waals surface area contributed by atoms with Crippen molar-refractivity contribution in [1.82, 2.24) is 4.98 Å². The summed E-state index contributed by atoms with van der Waals surface area (Å²) in [6, 6.07) is 9.64. The van der Waals surface area contributed by atoms with Gasteiger partial charge in [0.25, 0.3) is 10.1 Å². The summed E-state index contributed by atoms with van der Waals surface area (Å²) in [6.45, 7) is 0. The van der Waals surface area contributed by atoms with Gasteiger partial charge in [0.1, 0.15) is 0 Å². The first kappa shape index (κ1) is 14.3. The van der Waals surface area contributed by atoms with Crippen LogP contribution in [-0.2, 0) is 10.1 Å². The molecular formula is C11H10NNaO3S. The summed E-state index contributed by atoms with van der Waals surface area (Å²) in [5, 5.41) is 0. The van der Waals surface area contributed by atoms with Crippen LogP contribution in [0.2, 0.25) is 0 Å². The molecule has 0 bridgehead atoms. The molecule has 1 N–H and O–H groups in total. The van der Waals surface area contributed by atoms with Gasteiger partial charge < -0.3 is 0 Å². The molecule has 0 aliphatic rings. The van der Waals surface area contributed by atoms with Gasteiger partial charge in [0.2, 0.25) is 0 Å². The van der Waals surface area contributed by atoms with Crippen LogP contribution in [0.1, 0.15) is 0 Å². The molecule has 0 amide bonds. The molecule has 0 spiro atoms. The first-order valence-corrected chi connectivity index (χ1v) is 5.99. The molecular weight excluding hydrogens is 249 g/mol. The maximum atomic E-state index is 10.8. The van der Waals surface area contributed by atoms with Crippen molar-refractivity contribution in [3.05, 3.63) is 48.8 Å². The van der Waals surface area contributed by atoms with E-state index in [4.69, 9.17) is 4.55 Å². The molecule has 0 unspecified atom stereocenters. The summed E-state index contributed by atoms with van der Waals surface area (Å²) in [6.07, 6.45) is 3.35. The minimum atomic E-state index is -4.12. The second kappa shape index (κ2) is 5.75. The molecule has 2 rings (SSSR count). The third-order valence-corrected chi connectivity index (χ3v) is 3.01. The molecule has 1 heterocycles.